The molecule has 0 bridgehead atoms. The lowest BCUT2D eigenvalue weighted by Crippen LogP contribution is -2.21. The lowest BCUT2D eigenvalue weighted by atomic mass is 9.91. The fourth-order valence-electron chi connectivity index (χ4n) is 3.03. The summed E-state index contributed by atoms with van der Waals surface area (Å²) in [6.07, 6.45) is 2.59. The number of nitrogens with zero attached hydrogens (tertiary/aromatic N) is 1. The second-order valence-corrected chi connectivity index (χ2v) is 7.18. The highest BCUT2D eigenvalue weighted by atomic mass is 32.1. The number of thiazole rings is 1. The third-order valence-electron chi connectivity index (χ3n) is 4.36. The normalized spacial score (nSPS) is 23.8. The summed E-state index contributed by atoms with van der Waals surface area (Å²) in [5.41, 5.74) is 2.46. The van der Waals surface area contributed by atoms with Crippen LogP contribution in [-0.4, -0.2) is 11.0 Å². The highest BCUT2D eigenvalue weighted by Gasteiger charge is 2.45. The molecule has 0 aliphatic carbocycles. The van der Waals surface area contributed by atoms with Crippen molar-refractivity contribution in [2.75, 3.05) is 5.32 Å². The van der Waals surface area contributed by atoms with Crippen molar-refractivity contribution in [2.45, 2.75) is 45.6 Å². The topological polar surface area (TPSA) is 51.2 Å². The first-order valence-corrected chi connectivity index (χ1v) is 8.91. The van der Waals surface area contributed by atoms with E-state index in [1.54, 1.807) is 11.3 Å². The predicted octanol–water partition coefficient (Wildman–Crippen LogP) is 4.77. The zero-order chi connectivity index (χ0) is 16.4. The first-order valence-electron chi connectivity index (χ1n) is 8.03. The highest BCUT2D eigenvalue weighted by molar-refractivity contribution is 7.13. The summed E-state index contributed by atoms with van der Waals surface area (Å²) in [6.45, 7) is 6.12. The van der Waals surface area contributed by atoms with Gasteiger partial charge in [-0.1, -0.05) is 31.5 Å². The Hall–Kier alpha value is -1.88. The molecule has 1 aliphatic rings. The van der Waals surface area contributed by atoms with Crippen LogP contribution in [0.25, 0.3) is 0 Å². The summed E-state index contributed by atoms with van der Waals surface area (Å²) in [4.78, 5) is 16.7. The molecule has 1 N–H and O–H groups in total. The van der Waals surface area contributed by atoms with Crippen molar-refractivity contribution in [1.82, 2.24) is 4.98 Å². The number of esters is 1. The summed E-state index contributed by atoms with van der Waals surface area (Å²) < 4.78 is 5.66. The van der Waals surface area contributed by atoms with Gasteiger partial charge in [-0.15, -0.1) is 11.3 Å². The number of benzene rings is 1. The smallest absolute Gasteiger partial charge is 0.310 e. The van der Waals surface area contributed by atoms with Crippen molar-refractivity contribution in [3.63, 3.8) is 0 Å². The number of anilines is 2. The van der Waals surface area contributed by atoms with E-state index >= 15 is 0 Å². The summed E-state index contributed by atoms with van der Waals surface area (Å²) >= 11 is 1.54. The summed E-state index contributed by atoms with van der Waals surface area (Å²) in [5.74, 6) is -0.0877. The first-order chi connectivity index (χ1) is 11.0. The molecule has 2 heterocycles. The van der Waals surface area contributed by atoms with E-state index in [0.717, 1.165) is 29.4 Å². The molecule has 1 aliphatic heterocycles. The molecule has 0 saturated carbocycles. The molecule has 1 fully saturated rings. The van der Waals surface area contributed by atoms with Crippen LogP contribution in [0.3, 0.4) is 0 Å². The highest BCUT2D eigenvalue weighted by Crippen LogP contribution is 2.42. The molecule has 1 aromatic heterocycles. The van der Waals surface area contributed by atoms with Gasteiger partial charge in [0.25, 0.3) is 0 Å². The third-order valence-corrected chi connectivity index (χ3v) is 5.12. The average Bonchev–Trinajstić information content (AvgIpc) is 3.08. The van der Waals surface area contributed by atoms with Gasteiger partial charge in [-0.2, -0.15) is 0 Å². The molecular weight excluding hydrogens is 308 g/mol. The fraction of sp³-hybridized carbons (Fsp3) is 0.444. The Morgan fingerprint density at radius 1 is 1.43 bits per heavy atom. The van der Waals surface area contributed by atoms with Gasteiger partial charge in [0, 0.05) is 17.5 Å². The lowest BCUT2D eigenvalue weighted by Gasteiger charge is -2.19. The maximum absolute atomic E-state index is 12.0. The Kier molecular flexibility index (Phi) is 4.39. The maximum atomic E-state index is 12.0. The fourth-order valence-corrected chi connectivity index (χ4v) is 3.87. The maximum Gasteiger partial charge on any atom is 0.310 e. The van der Waals surface area contributed by atoms with Gasteiger partial charge in [0.05, 0.1) is 11.6 Å². The number of rotatable bonds is 5. The van der Waals surface area contributed by atoms with Gasteiger partial charge >= 0.3 is 5.97 Å². The number of cyclic esters (lactones) is 1. The minimum absolute atomic E-state index is 0.000484. The van der Waals surface area contributed by atoms with Crippen molar-refractivity contribution in [2.24, 2.45) is 5.92 Å². The molecule has 0 spiro atoms. The van der Waals surface area contributed by atoms with Crippen molar-refractivity contribution in [3.05, 3.63) is 40.9 Å². The molecule has 23 heavy (non-hydrogen) atoms. The first kappa shape index (κ1) is 16.0. The number of carbonyl (C=O) groups excluding carboxylic acids is 1. The Morgan fingerprint density at radius 3 is 2.96 bits per heavy atom. The second kappa shape index (κ2) is 6.32. The van der Waals surface area contributed by atoms with E-state index in [4.69, 9.17) is 4.74 Å². The largest absolute Gasteiger partial charge is 0.453 e. The number of aromatic nitrogens is 1. The van der Waals surface area contributed by atoms with E-state index in [1.165, 1.54) is 5.56 Å². The van der Waals surface area contributed by atoms with Crippen molar-refractivity contribution in [1.29, 1.82) is 0 Å². The van der Waals surface area contributed by atoms with E-state index in [0.29, 0.717) is 6.42 Å². The Balaban J connectivity index is 1.77. The van der Waals surface area contributed by atoms with E-state index in [2.05, 4.69) is 30.2 Å². The number of hydrogen-bond donors (Lipinski definition) is 1. The minimum Gasteiger partial charge on any atom is -0.453 e. The molecular formula is C18H22N2O2S. The van der Waals surface area contributed by atoms with Crippen LogP contribution in [0.4, 0.5) is 10.8 Å². The van der Waals surface area contributed by atoms with Crippen LogP contribution in [0.2, 0.25) is 0 Å². The van der Waals surface area contributed by atoms with Crippen LogP contribution in [0.5, 0.6) is 0 Å². The molecule has 2 atom stereocenters. The zero-order valence-electron chi connectivity index (χ0n) is 13.8. The molecule has 122 valence electrons. The van der Waals surface area contributed by atoms with Crippen molar-refractivity contribution in [3.8, 4) is 0 Å². The zero-order valence-corrected chi connectivity index (χ0v) is 14.6. The van der Waals surface area contributed by atoms with Crippen LogP contribution < -0.4 is 5.32 Å². The molecule has 1 aromatic carbocycles. The molecule has 0 radical (unpaired) electrons. The molecule has 0 unspecified atom stereocenters. The van der Waals surface area contributed by atoms with E-state index in [-0.39, 0.29) is 11.9 Å². The molecule has 1 saturated heterocycles. The van der Waals surface area contributed by atoms with E-state index < -0.39 is 5.60 Å². The number of hydrogen-bond acceptors (Lipinski definition) is 5. The van der Waals surface area contributed by atoms with Gasteiger partial charge in [0.15, 0.2) is 10.7 Å². The summed E-state index contributed by atoms with van der Waals surface area (Å²) in [7, 11) is 0. The number of para-hydroxylation sites is 1. The predicted molar refractivity (Wildman–Crippen MR) is 93.0 cm³/mol. The van der Waals surface area contributed by atoms with Crippen LogP contribution in [0.15, 0.2) is 29.6 Å². The molecule has 2 aromatic rings. The SMILES string of the molecule is CCC[C@@H]1C[C@](C)(c2csc(Nc3ccccc3C)n2)OC1=O. The Bertz CT molecular complexity index is 713. The number of nitrogens with one attached hydrogen (secondary N) is 1. The quantitative estimate of drug-likeness (QED) is 0.802. The molecule has 0 amide bonds. The number of carbonyl (C=O) groups is 1. The minimum atomic E-state index is -0.598. The molecule has 4 nitrogen and oxygen atoms in total. The van der Waals surface area contributed by atoms with Crippen molar-refractivity contribution < 1.29 is 9.53 Å². The van der Waals surface area contributed by atoms with Gasteiger partial charge in [0.1, 0.15) is 0 Å². The second-order valence-electron chi connectivity index (χ2n) is 6.32. The standard InChI is InChI=1S/C18H22N2O2S/c1-4-7-13-10-18(3,22-16(13)21)15-11-23-17(20-15)19-14-9-6-5-8-12(14)2/h5-6,8-9,11,13H,4,7,10H2,1-3H3,(H,19,20)/t13-,18-/m1/s1. The number of aryl methyl sites for hydroxylation is 1. The summed E-state index contributed by atoms with van der Waals surface area (Å²) in [5, 5.41) is 6.16. The van der Waals surface area contributed by atoms with Gasteiger partial charge in [-0.05, 0) is 31.9 Å². The van der Waals surface area contributed by atoms with E-state index in [9.17, 15) is 4.79 Å². The van der Waals surface area contributed by atoms with Crippen LogP contribution in [0.1, 0.15) is 44.4 Å². The Morgan fingerprint density at radius 2 is 2.22 bits per heavy atom. The van der Waals surface area contributed by atoms with Gasteiger partial charge in [-0.25, -0.2) is 4.98 Å². The average molecular weight is 330 g/mol. The van der Waals surface area contributed by atoms with Crippen LogP contribution in [-0.2, 0) is 15.1 Å². The number of ether oxygens (including phenoxy) is 1. The van der Waals surface area contributed by atoms with Gasteiger partial charge in [0.2, 0.25) is 0 Å². The van der Waals surface area contributed by atoms with Crippen molar-refractivity contribution >= 4 is 28.1 Å². The Labute approximate surface area is 140 Å². The van der Waals surface area contributed by atoms with Gasteiger partial charge in [-0.3, -0.25) is 4.79 Å². The molecule has 5 heteroatoms. The summed E-state index contributed by atoms with van der Waals surface area (Å²) in [6, 6.07) is 8.11. The molecule has 3 rings (SSSR count). The third kappa shape index (κ3) is 3.24. The van der Waals surface area contributed by atoms with Crippen LogP contribution in [0, 0.1) is 12.8 Å². The monoisotopic (exact) mass is 330 g/mol. The van der Waals surface area contributed by atoms with Crippen LogP contribution >= 0.6 is 11.3 Å². The van der Waals surface area contributed by atoms with E-state index in [1.807, 2.05) is 30.5 Å². The lowest BCUT2D eigenvalue weighted by molar-refractivity contribution is -0.150. The van der Waals surface area contributed by atoms with Gasteiger partial charge < -0.3 is 10.1 Å².